The zero-order chi connectivity index (χ0) is 20.4. The molecule has 1 aromatic heterocycles. The fourth-order valence-corrected chi connectivity index (χ4v) is 4.00. The van der Waals surface area contributed by atoms with Crippen molar-refractivity contribution in [2.24, 2.45) is 0 Å². The summed E-state index contributed by atoms with van der Waals surface area (Å²) in [6.07, 6.45) is 0.922. The van der Waals surface area contributed by atoms with E-state index in [4.69, 9.17) is 9.72 Å². The van der Waals surface area contributed by atoms with Gasteiger partial charge in [0.1, 0.15) is 11.6 Å². The van der Waals surface area contributed by atoms with Crippen LogP contribution in [0.25, 0.3) is 22.4 Å². The van der Waals surface area contributed by atoms with Crippen LogP contribution in [0.2, 0.25) is 0 Å². The van der Waals surface area contributed by atoms with Crippen molar-refractivity contribution in [2.75, 3.05) is 6.61 Å². The van der Waals surface area contributed by atoms with E-state index in [-0.39, 0.29) is 0 Å². The van der Waals surface area contributed by atoms with Crippen molar-refractivity contribution in [2.45, 2.75) is 40.7 Å². The first kappa shape index (κ1) is 19.3. The minimum absolute atomic E-state index is 0.682. The smallest absolute Gasteiger partial charge is 0.141 e. The lowest BCUT2D eigenvalue weighted by molar-refractivity contribution is 0.302. The summed E-state index contributed by atoms with van der Waals surface area (Å²) in [4.78, 5) is 4.96. The molecule has 0 amide bonds. The number of hydrogen-bond donors (Lipinski definition) is 0. The Balaban J connectivity index is 1.57. The Morgan fingerprint density at radius 3 is 2.34 bits per heavy atom. The fourth-order valence-electron chi connectivity index (χ4n) is 4.00. The molecule has 4 aromatic rings. The van der Waals surface area contributed by atoms with E-state index in [1.54, 1.807) is 0 Å². The molecular formula is C26H28N2O. The van der Waals surface area contributed by atoms with Crippen molar-refractivity contribution in [3.63, 3.8) is 0 Å². The van der Waals surface area contributed by atoms with Crippen LogP contribution in [-0.2, 0) is 6.54 Å². The molecule has 0 unspecified atom stereocenters. The van der Waals surface area contributed by atoms with E-state index in [0.29, 0.717) is 6.61 Å². The highest BCUT2D eigenvalue weighted by molar-refractivity contribution is 5.81. The molecule has 0 atom stereocenters. The Kier molecular flexibility index (Phi) is 5.39. The lowest BCUT2D eigenvalue weighted by atomic mass is 10.1. The third kappa shape index (κ3) is 4.19. The molecule has 0 N–H and O–H groups in total. The zero-order valence-electron chi connectivity index (χ0n) is 17.7. The van der Waals surface area contributed by atoms with E-state index in [9.17, 15) is 0 Å². The normalized spacial score (nSPS) is 11.2. The minimum atomic E-state index is 0.682. The molecule has 0 aliphatic carbocycles. The second-order valence-corrected chi connectivity index (χ2v) is 7.92. The molecule has 0 saturated carbocycles. The highest BCUT2D eigenvalue weighted by Gasteiger charge is 2.14. The number of nitrogens with zero attached hydrogens (tertiary/aromatic N) is 2. The first-order valence-electron chi connectivity index (χ1n) is 10.3. The van der Waals surface area contributed by atoms with Crippen LogP contribution in [0.4, 0.5) is 0 Å². The van der Waals surface area contributed by atoms with E-state index in [1.807, 2.05) is 0 Å². The van der Waals surface area contributed by atoms with Crippen LogP contribution in [0.3, 0.4) is 0 Å². The molecule has 0 saturated heterocycles. The highest BCUT2D eigenvalue weighted by Crippen LogP contribution is 2.28. The van der Waals surface area contributed by atoms with Gasteiger partial charge in [-0.3, -0.25) is 0 Å². The zero-order valence-corrected chi connectivity index (χ0v) is 17.7. The monoisotopic (exact) mass is 384 g/mol. The van der Waals surface area contributed by atoms with Gasteiger partial charge in [0.2, 0.25) is 0 Å². The number of ether oxygens (including phenoxy) is 1. The molecule has 4 rings (SSSR count). The van der Waals surface area contributed by atoms with Gasteiger partial charge in [-0.25, -0.2) is 4.98 Å². The van der Waals surface area contributed by atoms with Crippen LogP contribution in [0.15, 0.2) is 60.7 Å². The second-order valence-electron chi connectivity index (χ2n) is 7.92. The predicted octanol–water partition coefficient (Wildman–Crippen LogP) is 6.41. The van der Waals surface area contributed by atoms with Crippen molar-refractivity contribution < 1.29 is 4.74 Å². The molecule has 0 aliphatic heterocycles. The van der Waals surface area contributed by atoms with Gasteiger partial charge < -0.3 is 9.30 Å². The molecule has 1 heterocycles. The van der Waals surface area contributed by atoms with Crippen molar-refractivity contribution in [1.29, 1.82) is 0 Å². The number of rotatable bonds is 6. The summed E-state index contributed by atoms with van der Waals surface area (Å²) < 4.78 is 8.36. The van der Waals surface area contributed by atoms with Gasteiger partial charge in [-0.2, -0.15) is 0 Å². The van der Waals surface area contributed by atoms with Gasteiger partial charge in [-0.15, -0.1) is 0 Å². The number of aromatic nitrogens is 2. The van der Waals surface area contributed by atoms with E-state index < -0.39 is 0 Å². The maximum Gasteiger partial charge on any atom is 0.141 e. The molecule has 3 nitrogen and oxygen atoms in total. The average molecular weight is 385 g/mol. The van der Waals surface area contributed by atoms with Gasteiger partial charge >= 0.3 is 0 Å². The molecule has 0 aliphatic rings. The van der Waals surface area contributed by atoms with Crippen molar-refractivity contribution >= 4 is 11.0 Å². The quantitative estimate of drug-likeness (QED) is 0.359. The Morgan fingerprint density at radius 1 is 0.828 bits per heavy atom. The lowest BCUT2D eigenvalue weighted by Crippen LogP contribution is -2.06. The number of para-hydroxylation sites is 2. The van der Waals surface area contributed by atoms with E-state index >= 15 is 0 Å². The third-order valence-corrected chi connectivity index (χ3v) is 5.27. The van der Waals surface area contributed by atoms with E-state index in [0.717, 1.165) is 30.1 Å². The Morgan fingerprint density at radius 2 is 1.59 bits per heavy atom. The topological polar surface area (TPSA) is 27.1 Å². The van der Waals surface area contributed by atoms with Crippen molar-refractivity contribution in [3.05, 3.63) is 82.9 Å². The lowest BCUT2D eigenvalue weighted by Gasteiger charge is -2.13. The van der Waals surface area contributed by atoms with Gasteiger partial charge in [0.25, 0.3) is 0 Å². The Bertz CT molecular complexity index is 1140. The minimum Gasteiger partial charge on any atom is -0.494 e. The number of imidazole rings is 1. The fraction of sp³-hybridized carbons (Fsp3) is 0.269. The summed E-state index contributed by atoms with van der Waals surface area (Å²) in [7, 11) is 0. The number of aryl methyl sites for hydroxylation is 5. The summed E-state index contributed by atoms with van der Waals surface area (Å²) in [5.41, 5.74) is 8.41. The van der Waals surface area contributed by atoms with E-state index in [2.05, 4.69) is 92.9 Å². The predicted molar refractivity (Wildman–Crippen MR) is 121 cm³/mol. The molecule has 0 bridgehead atoms. The SMILES string of the molecule is Cc1cc(C)cc(OCCCn2c(-c3ccc(C)cc3C)nc3ccccc32)c1. The highest BCUT2D eigenvalue weighted by atomic mass is 16.5. The van der Waals surface area contributed by atoms with Crippen LogP contribution in [0, 0.1) is 27.7 Å². The van der Waals surface area contributed by atoms with E-state index in [1.165, 1.54) is 33.3 Å². The van der Waals surface area contributed by atoms with Crippen LogP contribution >= 0.6 is 0 Å². The Labute approximate surface area is 173 Å². The van der Waals surface area contributed by atoms with Gasteiger partial charge in [-0.1, -0.05) is 42.0 Å². The first-order chi connectivity index (χ1) is 14.0. The molecule has 3 heteroatoms. The van der Waals surface area contributed by atoms with Crippen molar-refractivity contribution in [3.8, 4) is 17.1 Å². The third-order valence-electron chi connectivity index (χ3n) is 5.27. The molecule has 3 aromatic carbocycles. The molecule has 0 spiro atoms. The van der Waals surface area contributed by atoms with Crippen LogP contribution in [-0.4, -0.2) is 16.2 Å². The standard InChI is InChI=1S/C26H28N2O/c1-18-10-11-23(21(4)15-18)26-27-24-8-5-6-9-25(24)28(26)12-7-13-29-22-16-19(2)14-20(3)17-22/h5-6,8-11,14-17H,7,12-13H2,1-4H3. The van der Waals surface area contributed by atoms with Crippen molar-refractivity contribution in [1.82, 2.24) is 9.55 Å². The number of hydrogen-bond acceptors (Lipinski definition) is 2. The van der Waals surface area contributed by atoms with Gasteiger partial charge in [0.05, 0.1) is 17.6 Å². The molecule has 29 heavy (non-hydrogen) atoms. The van der Waals surface area contributed by atoms with Gasteiger partial charge in [0.15, 0.2) is 0 Å². The summed E-state index contributed by atoms with van der Waals surface area (Å²) >= 11 is 0. The van der Waals surface area contributed by atoms with Crippen LogP contribution < -0.4 is 4.74 Å². The molecular weight excluding hydrogens is 356 g/mol. The maximum atomic E-state index is 6.03. The second kappa shape index (κ2) is 8.12. The van der Waals surface area contributed by atoms with Gasteiger partial charge in [-0.05, 0) is 75.1 Å². The van der Waals surface area contributed by atoms with Crippen LogP contribution in [0.1, 0.15) is 28.7 Å². The maximum absolute atomic E-state index is 6.03. The Hall–Kier alpha value is -3.07. The van der Waals surface area contributed by atoms with Crippen LogP contribution in [0.5, 0.6) is 5.75 Å². The first-order valence-corrected chi connectivity index (χ1v) is 10.3. The molecule has 148 valence electrons. The largest absolute Gasteiger partial charge is 0.494 e. The average Bonchev–Trinajstić information content (AvgIpc) is 3.03. The summed E-state index contributed by atoms with van der Waals surface area (Å²) in [5, 5.41) is 0. The molecule has 0 fully saturated rings. The number of fused-ring (bicyclic) bond motifs is 1. The summed E-state index contributed by atoms with van der Waals surface area (Å²) in [5.74, 6) is 1.99. The molecule has 0 radical (unpaired) electrons. The van der Waals surface area contributed by atoms with Gasteiger partial charge in [0, 0.05) is 12.1 Å². The summed E-state index contributed by atoms with van der Waals surface area (Å²) in [6.45, 7) is 10.1. The summed E-state index contributed by atoms with van der Waals surface area (Å²) in [6, 6.07) is 21.3. The number of benzene rings is 3.